The Labute approximate surface area is 289 Å². The highest BCUT2D eigenvalue weighted by Crippen LogP contribution is 2.57. The third kappa shape index (κ3) is 4.75. The molecule has 0 N–H and O–H groups in total. The third-order valence-electron chi connectivity index (χ3n) is 9.50. The summed E-state index contributed by atoms with van der Waals surface area (Å²) in [4.78, 5) is 10.3. The molecular weight excluding hydrogens is 609 g/mol. The van der Waals surface area contributed by atoms with Crippen LogP contribution < -0.4 is 0 Å². The summed E-state index contributed by atoms with van der Waals surface area (Å²) in [5.41, 5.74) is 14.7. The van der Waals surface area contributed by atoms with Crippen LogP contribution in [0.1, 0.15) is 11.1 Å². The van der Waals surface area contributed by atoms with Crippen LogP contribution in [0.5, 0.6) is 0 Å². The highest BCUT2D eigenvalue weighted by atomic mass is 14.9. The SMILES string of the molecule is N#Cc1ccc(-c2cc(-c3cc(-c4ccccc4)c4c(c3-c3ccccc3)-c3cccc5cccc-4c35)nc(-c3ccc(C#N)cc3)n2)cc1. The molecule has 7 aromatic carbocycles. The summed E-state index contributed by atoms with van der Waals surface area (Å²) in [6, 6.07) is 58.0. The quantitative estimate of drug-likeness (QED) is 0.189. The van der Waals surface area contributed by atoms with Crippen LogP contribution in [0.4, 0.5) is 0 Å². The maximum absolute atomic E-state index is 9.48. The summed E-state index contributed by atoms with van der Waals surface area (Å²) in [5, 5.41) is 21.4. The molecule has 1 aromatic heterocycles. The molecule has 9 rings (SSSR count). The first-order chi connectivity index (χ1) is 24.7. The van der Waals surface area contributed by atoms with Crippen LogP contribution in [-0.2, 0) is 0 Å². The molecule has 0 saturated heterocycles. The first-order valence-electron chi connectivity index (χ1n) is 16.4. The summed E-state index contributed by atoms with van der Waals surface area (Å²) in [6.07, 6.45) is 0. The van der Waals surface area contributed by atoms with Gasteiger partial charge in [0.15, 0.2) is 5.82 Å². The number of hydrogen-bond donors (Lipinski definition) is 0. The summed E-state index contributed by atoms with van der Waals surface area (Å²) in [6.45, 7) is 0. The topological polar surface area (TPSA) is 73.4 Å². The van der Waals surface area contributed by atoms with Gasteiger partial charge in [-0.05, 0) is 104 Å². The molecule has 1 heterocycles. The summed E-state index contributed by atoms with van der Waals surface area (Å²) in [7, 11) is 0. The molecule has 0 bridgehead atoms. The fraction of sp³-hybridized carbons (Fsp3) is 0. The molecule has 1 aliphatic rings. The molecule has 4 nitrogen and oxygen atoms in total. The van der Waals surface area contributed by atoms with Crippen molar-refractivity contribution < 1.29 is 0 Å². The molecule has 8 aromatic rings. The molecule has 50 heavy (non-hydrogen) atoms. The predicted molar refractivity (Wildman–Crippen MR) is 201 cm³/mol. The minimum absolute atomic E-state index is 0.553. The van der Waals surface area contributed by atoms with E-state index in [4.69, 9.17) is 9.97 Å². The first kappa shape index (κ1) is 29.0. The standard InChI is InChI=1S/C46H26N4/c47-27-29-17-21-32(22-18-29)40-26-41(50-46(49-40)35-23-19-30(28-48)20-24-35)39-25-38(31-9-3-1-4-10-31)44-36-15-7-13-33-14-8-16-37(42(33)36)45(44)43(39)34-11-5-2-6-12-34/h1-26H. The number of nitrogens with zero attached hydrogens (tertiary/aromatic N) is 4. The Morgan fingerprint density at radius 1 is 0.380 bits per heavy atom. The second-order valence-electron chi connectivity index (χ2n) is 12.4. The lowest BCUT2D eigenvalue weighted by molar-refractivity contribution is 1.18. The second-order valence-corrected chi connectivity index (χ2v) is 12.4. The monoisotopic (exact) mass is 634 g/mol. The highest BCUT2D eigenvalue weighted by Gasteiger charge is 2.30. The lowest BCUT2D eigenvalue weighted by Crippen LogP contribution is -1.99. The third-order valence-corrected chi connectivity index (χ3v) is 9.50. The van der Waals surface area contributed by atoms with E-state index in [-0.39, 0.29) is 0 Å². The smallest absolute Gasteiger partial charge is 0.160 e. The maximum atomic E-state index is 9.48. The lowest BCUT2D eigenvalue weighted by Gasteiger charge is -2.21. The molecule has 0 unspecified atom stereocenters. The van der Waals surface area contributed by atoms with Crippen LogP contribution in [0.25, 0.3) is 89.2 Å². The van der Waals surface area contributed by atoms with Crippen molar-refractivity contribution in [2.24, 2.45) is 0 Å². The molecule has 0 amide bonds. The van der Waals surface area contributed by atoms with Gasteiger partial charge in [0.05, 0.1) is 34.7 Å². The molecule has 0 atom stereocenters. The molecule has 1 aliphatic carbocycles. The molecule has 230 valence electrons. The van der Waals surface area contributed by atoms with Gasteiger partial charge in [0.1, 0.15) is 0 Å². The zero-order chi connectivity index (χ0) is 33.6. The fourth-order valence-corrected chi connectivity index (χ4v) is 7.21. The van der Waals surface area contributed by atoms with Gasteiger partial charge in [0.2, 0.25) is 0 Å². The second kappa shape index (κ2) is 11.8. The van der Waals surface area contributed by atoms with Gasteiger partial charge in [-0.25, -0.2) is 9.97 Å². The van der Waals surface area contributed by atoms with Gasteiger partial charge >= 0.3 is 0 Å². The van der Waals surface area contributed by atoms with Crippen molar-refractivity contribution in [1.29, 1.82) is 10.5 Å². The summed E-state index contributed by atoms with van der Waals surface area (Å²) >= 11 is 0. The Kier molecular flexibility index (Phi) is 6.87. The normalized spacial score (nSPS) is 11.2. The lowest BCUT2D eigenvalue weighted by atomic mass is 9.83. The number of nitriles is 2. The van der Waals surface area contributed by atoms with E-state index in [0.717, 1.165) is 50.3 Å². The van der Waals surface area contributed by atoms with Crippen LogP contribution in [0.15, 0.2) is 158 Å². The Morgan fingerprint density at radius 2 is 0.940 bits per heavy atom. The van der Waals surface area contributed by atoms with Crippen molar-refractivity contribution in [2.45, 2.75) is 0 Å². The van der Waals surface area contributed by atoms with E-state index in [1.807, 2.05) is 42.5 Å². The van der Waals surface area contributed by atoms with Crippen molar-refractivity contribution in [1.82, 2.24) is 9.97 Å². The van der Waals surface area contributed by atoms with Crippen molar-refractivity contribution in [3.63, 3.8) is 0 Å². The van der Waals surface area contributed by atoms with Gasteiger partial charge in [-0.2, -0.15) is 10.5 Å². The predicted octanol–water partition coefficient (Wildman–Crippen LogP) is 11.4. The number of fused-ring (bicyclic) bond motifs is 3. The van der Waals surface area contributed by atoms with Crippen LogP contribution in [0.2, 0.25) is 0 Å². The maximum Gasteiger partial charge on any atom is 0.160 e. The summed E-state index contributed by atoms with van der Waals surface area (Å²) in [5.74, 6) is 0.553. The van der Waals surface area contributed by atoms with Gasteiger partial charge < -0.3 is 0 Å². The minimum atomic E-state index is 0.553. The Balaban J connectivity index is 1.41. The number of benzene rings is 7. The zero-order valence-corrected chi connectivity index (χ0v) is 26.8. The van der Waals surface area contributed by atoms with E-state index in [0.29, 0.717) is 17.0 Å². The van der Waals surface area contributed by atoms with Crippen LogP contribution in [0.3, 0.4) is 0 Å². The summed E-state index contributed by atoms with van der Waals surface area (Å²) < 4.78 is 0. The average Bonchev–Trinajstić information content (AvgIpc) is 3.53. The molecule has 0 saturated carbocycles. The van der Waals surface area contributed by atoms with Crippen molar-refractivity contribution in [3.8, 4) is 90.5 Å². The van der Waals surface area contributed by atoms with Crippen molar-refractivity contribution in [3.05, 3.63) is 169 Å². The van der Waals surface area contributed by atoms with Crippen molar-refractivity contribution >= 4 is 10.8 Å². The Morgan fingerprint density at radius 3 is 1.56 bits per heavy atom. The van der Waals surface area contributed by atoms with Crippen LogP contribution >= 0.6 is 0 Å². The Bertz CT molecular complexity index is 2600. The van der Waals surface area contributed by atoms with Gasteiger partial charge in [0.25, 0.3) is 0 Å². The van der Waals surface area contributed by atoms with Gasteiger partial charge in [-0.1, -0.05) is 109 Å². The van der Waals surface area contributed by atoms with Crippen molar-refractivity contribution in [2.75, 3.05) is 0 Å². The van der Waals surface area contributed by atoms with Gasteiger partial charge in [-0.15, -0.1) is 0 Å². The van der Waals surface area contributed by atoms with Crippen LogP contribution in [-0.4, -0.2) is 9.97 Å². The first-order valence-corrected chi connectivity index (χ1v) is 16.4. The van der Waals surface area contributed by atoms with Gasteiger partial charge in [-0.3, -0.25) is 0 Å². The van der Waals surface area contributed by atoms with E-state index < -0.39 is 0 Å². The fourth-order valence-electron chi connectivity index (χ4n) is 7.21. The van der Waals surface area contributed by atoms with E-state index >= 15 is 0 Å². The zero-order valence-electron chi connectivity index (χ0n) is 26.8. The molecule has 0 radical (unpaired) electrons. The van der Waals surface area contributed by atoms with E-state index in [1.165, 1.54) is 33.0 Å². The van der Waals surface area contributed by atoms with Gasteiger partial charge in [0, 0.05) is 16.7 Å². The molecule has 0 aliphatic heterocycles. The average molecular weight is 635 g/mol. The minimum Gasteiger partial charge on any atom is -0.228 e. The van der Waals surface area contributed by atoms with E-state index in [9.17, 15) is 10.5 Å². The molecule has 0 spiro atoms. The molecular formula is C46H26N4. The number of aromatic nitrogens is 2. The molecule has 4 heteroatoms. The largest absolute Gasteiger partial charge is 0.228 e. The van der Waals surface area contributed by atoms with E-state index in [1.54, 1.807) is 12.1 Å². The Hall–Kier alpha value is -7.14. The van der Waals surface area contributed by atoms with E-state index in [2.05, 4.69) is 115 Å². The number of rotatable bonds is 5. The van der Waals surface area contributed by atoms with Crippen LogP contribution in [0, 0.1) is 22.7 Å². The highest BCUT2D eigenvalue weighted by molar-refractivity contribution is 6.22. The number of hydrogen-bond acceptors (Lipinski definition) is 4. The molecule has 0 fully saturated rings.